The standard InChI is InChI=1S/C21H25N3O4/c1-14-11-23(12-15(2)28-14)20(25)13-27-21(26)19-10-18(16-8-9-16)22-24(19)17-6-4-3-5-7-17/h3-7,10,14-16H,8-9,11-13H2,1-2H3/t14-,15-/m0/s1. The minimum atomic E-state index is -0.536. The van der Waals surface area contributed by atoms with Crippen LogP contribution >= 0.6 is 0 Å². The molecule has 7 nitrogen and oxygen atoms in total. The zero-order valence-corrected chi connectivity index (χ0v) is 16.2. The van der Waals surface area contributed by atoms with Crippen molar-refractivity contribution in [3.8, 4) is 5.69 Å². The molecule has 1 aliphatic carbocycles. The van der Waals surface area contributed by atoms with E-state index in [9.17, 15) is 9.59 Å². The lowest BCUT2D eigenvalue weighted by Gasteiger charge is -2.35. The summed E-state index contributed by atoms with van der Waals surface area (Å²) in [6.07, 6.45) is 2.13. The third-order valence-electron chi connectivity index (χ3n) is 5.03. The monoisotopic (exact) mass is 383 g/mol. The van der Waals surface area contributed by atoms with Crippen molar-refractivity contribution in [2.75, 3.05) is 19.7 Å². The van der Waals surface area contributed by atoms with E-state index in [0.29, 0.717) is 24.7 Å². The molecule has 1 aromatic carbocycles. The second-order valence-corrected chi connectivity index (χ2v) is 7.61. The predicted molar refractivity (Wildman–Crippen MR) is 102 cm³/mol. The largest absolute Gasteiger partial charge is 0.451 e. The van der Waals surface area contributed by atoms with Gasteiger partial charge in [0.05, 0.1) is 23.6 Å². The molecule has 28 heavy (non-hydrogen) atoms. The van der Waals surface area contributed by atoms with Crippen molar-refractivity contribution in [2.45, 2.75) is 44.8 Å². The molecule has 1 saturated carbocycles. The number of carbonyl (C=O) groups is 2. The summed E-state index contributed by atoms with van der Waals surface area (Å²) in [5.41, 5.74) is 2.05. The number of esters is 1. The van der Waals surface area contributed by atoms with Gasteiger partial charge in [-0.25, -0.2) is 9.48 Å². The van der Waals surface area contributed by atoms with E-state index in [1.807, 2.05) is 44.2 Å². The molecular formula is C21H25N3O4. The van der Waals surface area contributed by atoms with E-state index in [4.69, 9.17) is 9.47 Å². The number of hydrogen-bond donors (Lipinski definition) is 0. The van der Waals surface area contributed by atoms with Crippen LogP contribution in [0.5, 0.6) is 0 Å². The second-order valence-electron chi connectivity index (χ2n) is 7.61. The van der Waals surface area contributed by atoms with Crippen molar-refractivity contribution in [3.63, 3.8) is 0 Å². The second kappa shape index (κ2) is 7.75. The fourth-order valence-corrected chi connectivity index (χ4v) is 3.56. The first kappa shape index (κ1) is 18.7. The van der Waals surface area contributed by atoms with Crippen molar-refractivity contribution in [1.82, 2.24) is 14.7 Å². The molecule has 1 aromatic heterocycles. The lowest BCUT2D eigenvalue weighted by atomic mass is 10.2. The Balaban J connectivity index is 1.46. The van der Waals surface area contributed by atoms with Crippen LogP contribution in [0.3, 0.4) is 0 Å². The molecule has 2 aliphatic rings. The molecule has 1 amide bonds. The van der Waals surface area contributed by atoms with Crippen LogP contribution in [0.4, 0.5) is 0 Å². The van der Waals surface area contributed by atoms with Gasteiger partial charge in [0, 0.05) is 19.0 Å². The first-order valence-corrected chi connectivity index (χ1v) is 9.77. The maximum atomic E-state index is 12.7. The van der Waals surface area contributed by atoms with Crippen molar-refractivity contribution < 1.29 is 19.1 Å². The summed E-state index contributed by atoms with van der Waals surface area (Å²) in [6, 6.07) is 11.3. The van der Waals surface area contributed by atoms with E-state index in [2.05, 4.69) is 5.10 Å². The van der Waals surface area contributed by atoms with Crippen molar-refractivity contribution in [3.05, 3.63) is 47.8 Å². The van der Waals surface area contributed by atoms with E-state index in [0.717, 1.165) is 24.2 Å². The molecule has 0 bridgehead atoms. The Kier molecular flexibility index (Phi) is 5.17. The lowest BCUT2D eigenvalue weighted by Crippen LogP contribution is -2.49. The van der Waals surface area contributed by atoms with Gasteiger partial charge in [0.1, 0.15) is 0 Å². The van der Waals surface area contributed by atoms with Gasteiger partial charge in [-0.05, 0) is 44.9 Å². The molecule has 0 unspecified atom stereocenters. The Morgan fingerprint density at radius 3 is 2.46 bits per heavy atom. The third-order valence-corrected chi connectivity index (χ3v) is 5.03. The topological polar surface area (TPSA) is 73.7 Å². The van der Waals surface area contributed by atoms with Crippen LogP contribution < -0.4 is 0 Å². The average Bonchev–Trinajstić information content (AvgIpc) is 3.44. The summed E-state index contributed by atoms with van der Waals surface area (Å²) >= 11 is 0. The van der Waals surface area contributed by atoms with Gasteiger partial charge in [0.2, 0.25) is 0 Å². The number of nitrogens with zero attached hydrogens (tertiary/aromatic N) is 3. The van der Waals surface area contributed by atoms with Crippen molar-refractivity contribution in [1.29, 1.82) is 0 Å². The minimum Gasteiger partial charge on any atom is -0.451 e. The molecule has 2 fully saturated rings. The first-order chi connectivity index (χ1) is 13.5. The summed E-state index contributed by atoms with van der Waals surface area (Å²) in [7, 11) is 0. The number of carbonyl (C=O) groups excluding carboxylic acids is 2. The van der Waals surface area contributed by atoms with Crippen LogP contribution in [0.25, 0.3) is 5.69 Å². The number of amides is 1. The van der Waals surface area contributed by atoms with Gasteiger partial charge in [-0.15, -0.1) is 0 Å². The SMILES string of the molecule is C[C@H]1CN(C(=O)COC(=O)c2cc(C3CC3)nn2-c2ccccc2)C[C@H](C)O1. The highest BCUT2D eigenvalue weighted by molar-refractivity contribution is 5.90. The highest BCUT2D eigenvalue weighted by Gasteiger charge is 2.30. The zero-order chi connectivity index (χ0) is 19.7. The molecule has 148 valence electrons. The molecule has 0 radical (unpaired) electrons. The molecule has 2 atom stereocenters. The van der Waals surface area contributed by atoms with Gasteiger partial charge in [-0.2, -0.15) is 5.10 Å². The highest BCUT2D eigenvalue weighted by atomic mass is 16.5. The average molecular weight is 383 g/mol. The van der Waals surface area contributed by atoms with Gasteiger partial charge < -0.3 is 14.4 Å². The summed E-state index contributed by atoms with van der Waals surface area (Å²) in [6.45, 7) is 4.60. The Labute approximate surface area is 164 Å². The molecule has 2 aromatic rings. The van der Waals surface area contributed by atoms with Crippen LogP contribution in [-0.4, -0.2) is 58.5 Å². The van der Waals surface area contributed by atoms with E-state index >= 15 is 0 Å². The summed E-state index contributed by atoms with van der Waals surface area (Å²) in [4.78, 5) is 26.9. The minimum absolute atomic E-state index is 0.0241. The number of morpholine rings is 1. The first-order valence-electron chi connectivity index (χ1n) is 9.77. The maximum absolute atomic E-state index is 12.7. The van der Waals surface area contributed by atoms with Crippen LogP contribution in [0.15, 0.2) is 36.4 Å². The zero-order valence-electron chi connectivity index (χ0n) is 16.2. The quantitative estimate of drug-likeness (QED) is 0.742. The van der Waals surface area contributed by atoms with Gasteiger partial charge >= 0.3 is 5.97 Å². The molecular weight excluding hydrogens is 358 g/mol. The summed E-state index contributed by atoms with van der Waals surface area (Å²) < 4.78 is 12.6. The number of rotatable bonds is 5. The van der Waals surface area contributed by atoms with Crippen LogP contribution in [-0.2, 0) is 14.3 Å². The molecule has 4 rings (SSSR count). The Bertz CT molecular complexity index is 850. The molecule has 1 saturated heterocycles. The van der Waals surface area contributed by atoms with E-state index in [1.54, 1.807) is 15.6 Å². The fourth-order valence-electron chi connectivity index (χ4n) is 3.56. The summed E-state index contributed by atoms with van der Waals surface area (Å²) in [5, 5.41) is 4.60. The third kappa shape index (κ3) is 4.09. The molecule has 1 aliphatic heterocycles. The van der Waals surface area contributed by atoms with Crippen LogP contribution in [0, 0.1) is 0 Å². The fraction of sp³-hybridized carbons (Fsp3) is 0.476. The number of ether oxygens (including phenoxy) is 2. The van der Waals surface area contributed by atoms with E-state index in [-0.39, 0.29) is 24.7 Å². The Hall–Kier alpha value is -2.67. The van der Waals surface area contributed by atoms with Crippen molar-refractivity contribution in [2.24, 2.45) is 0 Å². The van der Waals surface area contributed by atoms with E-state index in [1.165, 1.54) is 0 Å². The molecule has 0 N–H and O–H groups in total. The predicted octanol–water partition coefficient (Wildman–Crippen LogP) is 2.54. The number of hydrogen-bond acceptors (Lipinski definition) is 5. The Morgan fingerprint density at radius 1 is 1.14 bits per heavy atom. The van der Waals surface area contributed by atoms with Crippen molar-refractivity contribution >= 4 is 11.9 Å². The smallest absolute Gasteiger partial charge is 0.357 e. The van der Waals surface area contributed by atoms with E-state index < -0.39 is 5.97 Å². The van der Waals surface area contributed by atoms with Gasteiger partial charge in [0.25, 0.3) is 5.91 Å². The number of para-hydroxylation sites is 1. The normalized spacial score (nSPS) is 22.1. The Morgan fingerprint density at radius 2 is 1.82 bits per heavy atom. The summed E-state index contributed by atoms with van der Waals surface area (Å²) in [5.74, 6) is -0.330. The molecule has 7 heteroatoms. The van der Waals surface area contributed by atoms with Gasteiger partial charge in [-0.3, -0.25) is 4.79 Å². The van der Waals surface area contributed by atoms with Gasteiger partial charge in [-0.1, -0.05) is 18.2 Å². The molecule has 2 heterocycles. The number of aromatic nitrogens is 2. The van der Waals surface area contributed by atoms with Crippen LogP contribution in [0.1, 0.15) is 48.8 Å². The molecule has 0 spiro atoms. The number of benzene rings is 1. The lowest BCUT2D eigenvalue weighted by molar-refractivity contribution is -0.146. The highest BCUT2D eigenvalue weighted by Crippen LogP contribution is 2.39. The van der Waals surface area contributed by atoms with Crippen LogP contribution in [0.2, 0.25) is 0 Å². The maximum Gasteiger partial charge on any atom is 0.357 e. The van der Waals surface area contributed by atoms with Gasteiger partial charge in [0.15, 0.2) is 12.3 Å².